The molecule has 0 amide bonds. The molecule has 1 atom stereocenters. The molecule has 1 heterocycles. The van der Waals surface area contributed by atoms with Gasteiger partial charge in [0.25, 0.3) is 0 Å². The van der Waals surface area contributed by atoms with E-state index in [1.807, 2.05) is 30.3 Å². The second kappa shape index (κ2) is 8.18. The molecule has 1 aliphatic heterocycles. The third kappa shape index (κ3) is 4.84. The van der Waals surface area contributed by atoms with Gasteiger partial charge in [-0.15, -0.1) is 0 Å². The highest BCUT2D eigenvalue weighted by Crippen LogP contribution is 2.11. The van der Waals surface area contributed by atoms with Crippen LogP contribution in [0.25, 0.3) is 0 Å². The highest BCUT2D eigenvalue weighted by atomic mass is 35.5. The van der Waals surface area contributed by atoms with Gasteiger partial charge in [0.05, 0.1) is 0 Å². The quantitative estimate of drug-likeness (QED) is 0.663. The van der Waals surface area contributed by atoms with E-state index < -0.39 is 0 Å². The lowest BCUT2D eigenvalue weighted by molar-refractivity contribution is -0.565. The minimum Gasteiger partial charge on any atom is -0.492 e. The SMILES string of the molecule is Cl/C=[N+]1\CCCCCC1NCCOc1ccccc1. The summed E-state index contributed by atoms with van der Waals surface area (Å²) in [6.45, 7) is 2.55. The summed E-state index contributed by atoms with van der Waals surface area (Å²) in [6.07, 6.45) is 5.27. The van der Waals surface area contributed by atoms with E-state index in [0.29, 0.717) is 12.8 Å². The maximum absolute atomic E-state index is 5.89. The Labute approximate surface area is 120 Å². The summed E-state index contributed by atoms with van der Waals surface area (Å²) < 4.78 is 7.86. The van der Waals surface area contributed by atoms with Crippen LogP contribution in [0.4, 0.5) is 0 Å². The molecule has 1 aromatic rings. The monoisotopic (exact) mass is 281 g/mol. The number of benzene rings is 1. The largest absolute Gasteiger partial charge is 0.492 e. The fourth-order valence-electron chi connectivity index (χ4n) is 2.38. The zero-order chi connectivity index (χ0) is 13.3. The Morgan fingerprint density at radius 3 is 2.89 bits per heavy atom. The maximum Gasteiger partial charge on any atom is 0.233 e. The molecule has 0 aromatic heterocycles. The normalized spacial score (nSPS) is 22.2. The van der Waals surface area contributed by atoms with Gasteiger partial charge in [-0.3, -0.25) is 5.32 Å². The predicted molar refractivity (Wildman–Crippen MR) is 79.2 cm³/mol. The zero-order valence-electron chi connectivity index (χ0n) is 11.2. The van der Waals surface area contributed by atoms with Crippen LogP contribution in [0.1, 0.15) is 25.7 Å². The van der Waals surface area contributed by atoms with Crippen LogP contribution < -0.4 is 10.1 Å². The Hall–Kier alpha value is -1.06. The third-order valence-electron chi connectivity index (χ3n) is 3.41. The van der Waals surface area contributed by atoms with Crippen molar-refractivity contribution in [3.63, 3.8) is 0 Å². The van der Waals surface area contributed by atoms with E-state index in [9.17, 15) is 0 Å². The van der Waals surface area contributed by atoms with Crippen LogP contribution in [-0.4, -0.2) is 36.1 Å². The van der Waals surface area contributed by atoms with Crippen LogP contribution in [0, 0.1) is 0 Å². The van der Waals surface area contributed by atoms with Crippen molar-refractivity contribution in [1.29, 1.82) is 0 Å². The minimum atomic E-state index is 0.347. The average molecular weight is 282 g/mol. The highest BCUT2D eigenvalue weighted by Gasteiger charge is 2.21. The Kier molecular flexibility index (Phi) is 6.18. The Balaban J connectivity index is 1.72. The van der Waals surface area contributed by atoms with Gasteiger partial charge in [-0.1, -0.05) is 18.2 Å². The summed E-state index contributed by atoms with van der Waals surface area (Å²) in [5.41, 5.74) is 1.68. The first-order chi connectivity index (χ1) is 9.40. The third-order valence-corrected chi connectivity index (χ3v) is 3.66. The first kappa shape index (κ1) is 14.4. The second-order valence-corrected chi connectivity index (χ2v) is 5.01. The first-order valence-corrected chi connectivity index (χ1v) is 7.44. The van der Waals surface area contributed by atoms with Gasteiger partial charge in [0.2, 0.25) is 11.8 Å². The highest BCUT2D eigenvalue weighted by molar-refractivity contribution is 6.54. The minimum absolute atomic E-state index is 0.347. The molecular weight excluding hydrogens is 260 g/mol. The van der Waals surface area contributed by atoms with Crippen molar-refractivity contribution in [2.24, 2.45) is 0 Å². The Morgan fingerprint density at radius 2 is 2.11 bits per heavy atom. The van der Waals surface area contributed by atoms with E-state index in [2.05, 4.69) is 9.89 Å². The standard InChI is InChI=1S/C15H22ClN2O/c16-13-18-11-6-2-5-9-15(18)17-10-12-19-14-7-3-1-4-8-14/h1,3-4,7-8,13,15,17H,2,5-6,9-12H2/q+1/b18-13+. The predicted octanol–water partition coefficient (Wildman–Crippen LogP) is 2.83. The molecule has 1 fully saturated rings. The fourth-order valence-corrected chi connectivity index (χ4v) is 2.61. The van der Waals surface area contributed by atoms with Crippen LogP contribution in [0.2, 0.25) is 0 Å². The van der Waals surface area contributed by atoms with E-state index >= 15 is 0 Å². The number of ether oxygens (including phenoxy) is 1. The van der Waals surface area contributed by atoms with Crippen LogP contribution in [-0.2, 0) is 0 Å². The summed E-state index contributed by atoms with van der Waals surface area (Å²) in [5, 5.41) is 3.52. The van der Waals surface area contributed by atoms with Gasteiger partial charge in [-0.05, 0) is 36.6 Å². The van der Waals surface area contributed by atoms with Crippen molar-refractivity contribution in [3.8, 4) is 5.75 Å². The Bertz CT molecular complexity index is 394. The van der Waals surface area contributed by atoms with Crippen molar-refractivity contribution in [3.05, 3.63) is 30.3 Å². The molecule has 0 spiro atoms. The van der Waals surface area contributed by atoms with Gasteiger partial charge in [0, 0.05) is 19.4 Å². The van der Waals surface area contributed by atoms with Crippen molar-refractivity contribution < 1.29 is 9.31 Å². The molecule has 2 rings (SSSR count). The average Bonchev–Trinajstić information content (AvgIpc) is 2.69. The smallest absolute Gasteiger partial charge is 0.233 e. The number of hydrogen-bond donors (Lipinski definition) is 1. The number of halogens is 1. The van der Waals surface area contributed by atoms with Gasteiger partial charge in [0.1, 0.15) is 18.9 Å². The summed E-state index contributed by atoms with van der Waals surface area (Å²) in [6, 6.07) is 9.91. The molecule has 1 aliphatic rings. The second-order valence-electron chi connectivity index (χ2n) is 4.82. The lowest BCUT2D eigenvalue weighted by Gasteiger charge is -2.14. The van der Waals surface area contributed by atoms with Crippen molar-refractivity contribution in [2.75, 3.05) is 19.7 Å². The summed E-state index contributed by atoms with van der Waals surface area (Å²) >= 11 is 5.89. The number of nitrogens with one attached hydrogen (secondary N) is 1. The van der Waals surface area contributed by atoms with E-state index in [1.165, 1.54) is 19.3 Å². The van der Waals surface area contributed by atoms with Gasteiger partial charge in [-0.25, -0.2) is 4.58 Å². The van der Waals surface area contributed by atoms with Crippen LogP contribution in [0.5, 0.6) is 5.75 Å². The number of rotatable bonds is 5. The summed E-state index contributed by atoms with van der Waals surface area (Å²) in [5.74, 6) is 0.922. The number of nitrogens with zero attached hydrogens (tertiary/aromatic N) is 1. The van der Waals surface area contributed by atoms with E-state index in [-0.39, 0.29) is 0 Å². The van der Waals surface area contributed by atoms with E-state index in [1.54, 1.807) is 5.67 Å². The van der Waals surface area contributed by atoms with Crippen molar-refractivity contribution in [1.82, 2.24) is 5.32 Å². The molecule has 0 bridgehead atoms. The lowest BCUT2D eigenvalue weighted by atomic mass is 10.2. The van der Waals surface area contributed by atoms with Crippen molar-refractivity contribution >= 4 is 17.3 Å². The molecule has 1 N–H and O–H groups in total. The molecule has 0 saturated carbocycles. The maximum atomic E-state index is 5.89. The number of para-hydroxylation sites is 1. The lowest BCUT2D eigenvalue weighted by Crippen LogP contribution is -2.41. The molecule has 0 radical (unpaired) electrons. The molecule has 104 valence electrons. The molecule has 1 saturated heterocycles. The van der Waals surface area contributed by atoms with E-state index in [4.69, 9.17) is 16.3 Å². The van der Waals surface area contributed by atoms with Gasteiger partial charge >= 0.3 is 0 Å². The van der Waals surface area contributed by atoms with E-state index in [0.717, 1.165) is 25.3 Å². The first-order valence-electron chi connectivity index (χ1n) is 7.00. The molecule has 19 heavy (non-hydrogen) atoms. The molecule has 3 nitrogen and oxygen atoms in total. The van der Waals surface area contributed by atoms with Crippen LogP contribution in [0.15, 0.2) is 30.3 Å². The van der Waals surface area contributed by atoms with Gasteiger partial charge in [-0.2, -0.15) is 0 Å². The summed E-state index contributed by atoms with van der Waals surface area (Å²) in [4.78, 5) is 0. The molecule has 1 aromatic carbocycles. The fraction of sp³-hybridized carbons (Fsp3) is 0.533. The van der Waals surface area contributed by atoms with Gasteiger partial charge < -0.3 is 4.74 Å². The zero-order valence-corrected chi connectivity index (χ0v) is 12.0. The summed E-state index contributed by atoms with van der Waals surface area (Å²) in [7, 11) is 0. The van der Waals surface area contributed by atoms with Crippen LogP contribution in [0.3, 0.4) is 0 Å². The van der Waals surface area contributed by atoms with Crippen LogP contribution >= 0.6 is 11.6 Å². The van der Waals surface area contributed by atoms with Crippen molar-refractivity contribution in [2.45, 2.75) is 31.8 Å². The molecule has 1 unspecified atom stereocenters. The molecule has 4 heteroatoms. The topological polar surface area (TPSA) is 24.3 Å². The van der Waals surface area contributed by atoms with Gasteiger partial charge in [0.15, 0.2) is 0 Å². The molecule has 0 aliphatic carbocycles. The number of hydrogen-bond acceptors (Lipinski definition) is 2. The molecular formula is C15H22ClN2O+. The Morgan fingerprint density at radius 1 is 1.26 bits per heavy atom.